The molecule has 0 aliphatic heterocycles. The van der Waals surface area contributed by atoms with Gasteiger partial charge in [0.1, 0.15) is 6.10 Å². The second-order valence-corrected chi connectivity index (χ2v) is 6.17. The van der Waals surface area contributed by atoms with Gasteiger partial charge in [-0.2, -0.15) is 5.10 Å². The lowest BCUT2D eigenvalue weighted by atomic mass is 10.2. The summed E-state index contributed by atoms with van der Waals surface area (Å²) in [6.07, 6.45) is 2.86. The minimum Gasteiger partial charge on any atom is -0.453 e. The predicted molar refractivity (Wildman–Crippen MR) is 78.0 cm³/mol. The van der Waals surface area contributed by atoms with E-state index in [1.54, 1.807) is 29.3 Å². The Morgan fingerprint density at radius 3 is 2.60 bits per heavy atom. The number of carbonyl (C=O) groups excluding carboxylic acids is 1. The Balaban J connectivity index is 2.12. The molecule has 0 saturated carbocycles. The third kappa shape index (κ3) is 3.07. The molecular weight excluding hydrogens is 274 g/mol. The predicted octanol–water partition coefficient (Wildman–Crippen LogP) is 3.23. The first-order chi connectivity index (χ1) is 9.38. The zero-order valence-electron chi connectivity index (χ0n) is 12.4. The van der Waals surface area contributed by atoms with Gasteiger partial charge in [0.25, 0.3) is 0 Å². The number of ether oxygens (including phenoxy) is 1. The minimum absolute atomic E-state index is 0.298. The van der Waals surface area contributed by atoms with Gasteiger partial charge in [-0.15, -0.1) is 11.3 Å². The van der Waals surface area contributed by atoms with Crippen molar-refractivity contribution in [3.63, 3.8) is 0 Å². The normalized spacial score (nSPS) is 12.7. The maximum Gasteiger partial charge on any atom is 0.341 e. The van der Waals surface area contributed by atoms with Crippen molar-refractivity contribution in [2.45, 2.75) is 39.7 Å². The van der Waals surface area contributed by atoms with Gasteiger partial charge >= 0.3 is 5.97 Å². The van der Waals surface area contributed by atoms with Crippen molar-refractivity contribution in [3.05, 3.63) is 33.5 Å². The summed E-state index contributed by atoms with van der Waals surface area (Å²) in [5.74, 6) is 0.0261. The molecule has 0 fully saturated rings. The van der Waals surface area contributed by atoms with Crippen LogP contribution in [0.3, 0.4) is 0 Å². The van der Waals surface area contributed by atoms with Gasteiger partial charge in [-0.3, -0.25) is 4.68 Å². The van der Waals surface area contributed by atoms with Gasteiger partial charge in [0, 0.05) is 19.2 Å². The molecule has 0 bridgehead atoms. The first-order valence-corrected chi connectivity index (χ1v) is 7.37. The molecule has 108 valence electrons. The first kappa shape index (κ1) is 14.7. The molecule has 5 nitrogen and oxygen atoms in total. The van der Waals surface area contributed by atoms with Crippen molar-refractivity contribution >= 4 is 17.3 Å². The smallest absolute Gasteiger partial charge is 0.341 e. The molecule has 0 saturated heterocycles. The molecule has 20 heavy (non-hydrogen) atoms. The molecule has 0 radical (unpaired) electrons. The zero-order chi connectivity index (χ0) is 14.9. The largest absolute Gasteiger partial charge is 0.453 e. The van der Waals surface area contributed by atoms with E-state index in [2.05, 4.69) is 23.9 Å². The highest BCUT2D eigenvalue weighted by atomic mass is 32.1. The van der Waals surface area contributed by atoms with Crippen molar-refractivity contribution in [2.24, 2.45) is 7.05 Å². The van der Waals surface area contributed by atoms with E-state index < -0.39 is 0 Å². The first-order valence-electron chi connectivity index (χ1n) is 6.55. The highest BCUT2D eigenvalue weighted by Crippen LogP contribution is 2.31. The standard InChI is InChI=1S/C14H19N3O2S/c1-8(2)13-16-9(3)12(20-13)10(4)19-14(18)11-6-15-17(5)7-11/h6-8,10H,1-5H3/t10-/m1/s1. The molecule has 0 spiro atoms. The Morgan fingerprint density at radius 1 is 1.40 bits per heavy atom. The van der Waals surface area contributed by atoms with Crippen LogP contribution in [-0.2, 0) is 11.8 Å². The van der Waals surface area contributed by atoms with Crippen LogP contribution in [0.25, 0.3) is 0 Å². The average Bonchev–Trinajstić information content (AvgIpc) is 2.95. The van der Waals surface area contributed by atoms with Gasteiger partial charge in [-0.1, -0.05) is 13.8 Å². The summed E-state index contributed by atoms with van der Waals surface area (Å²) in [5, 5.41) is 5.04. The monoisotopic (exact) mass is 293 g/mol. The molecule has 2 aromatic rings. The summed E-state index contributed by atoms with van der Waals surface area (Å²) < 4.78 is 7.07. The second kappa shape index (κ2) is 5.75. The fourth-order valence-corrected chi connectivity index (χ4v) is 2.91. The van der Waals surface area contributed by atoms with Crippen LogP contribution in [0, 0.1) is 6.92 Å². The van der Waals surface area contributed by atoms with Crippen molar-refractivity contribution < 1.29 is 9.53 Å². The lowest BCUT2D eigenvalue weighted by Gasteiger charge is -2.11. The van der Waals surface area contributed by atoms with E-state index in [0.29, 0.717) is 11.5 Å². The zero-order valence-corrected chi connectivity index (χ0v) is 13.2. The fourth-order valence-electron chi connectivity index (χ4n) is 1.86. The molecule has 1 atom stereocenters. The van der Waals surface area contributed by atoms with Crippen molar-refractivity contribution in [3.8, 4) is 0 Å². The quantitative estimate of drug-likeness (QED) is 0.812. The van der Waals surface area contributed by atoms with Crippen LogP contribution >= 0.6 is 11.3 Å². The summed E-state index contributed by atoms with van der Waals surface area (Å²) >= 11 is 1.61. The van der Waals surface area contributed by atoms with E-state index in [0.717, 1.165) is 15.6 Å². The number of hydrogen-bond donors (Lipinski definition) is 0. The molecule has 6 heteroatoms. The highest BCUT2D eigenvalue weighted by molar-refractivity contribution is 7.11. The van der Waals surface area contributed by atoms with E-state index in [4.69, 9.17) is 4.74 Å². The summed E-state index contributed by atoms with van der Waals surface area (Å²) in [4.78, 5) is 17.5. The third-order valence-corrected chi connectivity index (χ3v) is 4.56. The van der Waals surface area contributed by atoms with Crippen molar-refractivity contribution in [1.82, 2.24) is 14.8 Å². The summed E-state index contributed by atoms with van der Waals surface area (Å²) in [7, 11) is 1.77. The average molecular weight is 293 g/mol. The van der Waals surface area contributed by atoms with Crippen LogP contribution < -0.4 is 0 Å². The van der Waals surface area contributed by atoms with Crippen LogP contribution in [-0.4, -0.2) is 20.7 Å². The maximum absolute atomic E-state index is 12.0. The maximum atomic E-state index is 12.0. The van der Waals surface area contributed by atoms with Crippen LogP contribution in [0.1, 0.15) is 58.7 Å². The number of thiazole rings is 1. The fraction of sp³-hybridized carbons (Fsp3) is 0.500. The van der Waals surface area contributed by atoms with Gasteiger partial charge in [0.15, 0.2) is 0 Å². The Hall–Kier alpha value is -1.69. The third-order valence-electron chi connectivity index (χ3n) is 2.94. The summed E-state index contributed by atoms with van der Waals surface area (Å²) in [6, 6.07) is 0. The molecular formula is C14H19N3O2S. The number of aryl methyl sites for hydroxylation is 2. The second-order valence-electron chi connectivity index (χ2n) is 5.11. The van der Waals surface area contributed by atoms with E-state index in [9.17, 15) is 4.79 Å². The molecule has 0 N–H and O–H groups in total. The molecule has 0 unspecified atom stereocenters. The SMILES string of the molecule is Cc1nc(C(C)C)sc1[C@@H](C)OC(=O)c1cnn(C)c1. The minimum atomic E-state index is -0.357. The molecule has 2 heterocycles. The van der Waals surface area contributed by atoms with E-state index in [1.165, 1.54) is 6.20 Å². The molecule has 0 aliphatic carbocycles. The number of carbonyl (C=O) groups is 1. The van der Waals surface area contributed by atoms with Crippen LogP contribution in [0.2, 0.25) is 0 Å². The van der Waals surface area contributed by atoms with Gasteiger partial charge in [-0.25, -0.2) is 9.78 Å². The molecule has 2 rings (SSSR count). The number of aromatic nitrogens is 3. The van der Waals surface area contributed by atoms with Crippen LogP contribution in [0.5, 0.6) is 0 Å². The van der Waals surface area contributed by atoms with Crippen molar-refractivity contribution in [2.75, 3.05) is 0 Å². The molecule has 2 aromatic heterocycles. The lowest BCUT2D eigenvalue weighted by molar-refractivity contribution is 0.0343. The number of esters is 1. The molecule has 0 aromatic carbocycles. The Labute approximate surface area is 122 Å². The number of nitrogens with zero attached hydrogens (tertiary/aromatic N) is 3. The highest BCUT2D eigenvalue weighted by Gasteiger charge is 2.20. The topological polar surface area (TPSA) is 57.0 Å². The molecule has 0 aliphatic rings. The lowest BCUT2D eigenvalue weighted by Crippen LogP contribution is -2.08. The Morgan fingerprint density at radius 2 is 2.10 bits per heavy atom. The van der Waals surface area contributed by atoms with Gasteiger partial charge in [-0.05, 0) is 13.8 Å². The van der Waals surface area contributed by atoms with Gasteiger partial charge in [0.05, 0.1) is 27.3 Å². The van der Waals surface area contributed by atoms with Crippen LogP contribution in [0.15, 0.2) is 12.4 Å². The van der Waals surface area contributed by atoms with E-state index >= 15 is 0 Å². The van der Waals surface area contributed by atoms with E-state index in [1.807, 2.05) is 13.8 Å². The van der Waals surface area contributed by atoms with Crippen molar-refractivity contribution in [1.29, 1.82) is 0 Å². The molecule has 0 amide bonds. The Kier molecular flexibility index (Phi) is 4.23. The van der Waals surface area contributed by atoms with Gasteiger partial charge in [0.2, 0.25) is 0 Å². The van der Waals surface area contributed by atoms with Gasteiger partial charge < -0.3 is 4.74 Å². The number of hydrogen-bond acceptors (Lipinski definition) is 5. The Bertz CT molecular complexity index is 616. The number of rotatable bonds is 4. The summed E-state index contributed by atoms with van der Waals surface area (Å²) in [6.45, 7) is 8.04. The van der Waals surface area contributed by atoms with Crippen LogP contribution in [0.4, 0.5) is 0 Å². The van der Waals surface area contributed by atoms with E-state index in [-0.39, 0.29) is 12.1 Å². The summed E-state index contributed by atoms with van der Waals surface area (Å²) in [5.41, 5.74) is 1.40.